The molecule has 0 unspecified atom stereocenters. The summed E-state index contributed by atoms with van der Waals surface area (Å²) in [6.07, 6.45) is 1.02. The maximum absolute atomic E-state index is 6.13. The van der Waals surface area contributed by atoms with Gasteiger partial charge in [0.25, 0.3) is 0 Å². The molecule has 0 atom stereocenters. The predicted molar refractivity (Wildman–Crippen MR) is 86.8 cm³/mol. The van der Waals surface area contributed by atoms with Crippen LogP contribution in [0.1, 0.15) is 33.4 Å². The molecule has 2 aromatic rings. The molecule has 112 valence electrons. The van der Waals surface area contributed by atoms with Crippen molar-refractivity contribution in [1.82, 2.24) is 9.97 Å². The number of rotatable bonds is 5. The largest absolute Gasteiger partial charge is 0.491 e. The van der Waals surface area contributed by atoms with Gasteiger partial charge in [0.1, 0.15) is 10.9 Å². The van der Waals surface area contributed by atoms with E-state index in [9.17, 15) is 0 Å². The van der Waals surface area contributed by atoms with Gasteiger partial charge >= 0.3 is 0 Å². The average Bonchev–Trinajstić information content (AvgIpc) is 2.36. The van der Waals surface area contributed by atoms with Crippen molar-refractivity contribution >= 4 is 11.6 Å². The van der Waals surface area contributed by atoms with Crippen LogP contribution in [0.25, 0.3) is 11.4 Å². The van der Waals surface area contributed by atoms with Gasteiger partial charge in [0.2, 0.25) is 0 Å². The molecule has 0 spiro atoms. The monoisotopic (exact) mass is 304 g/mol. The van der Waals surface area contributed by atoms with Gasteiger partial charge in [-0.25, -0.2) is 9.97 Å². The van der Waals surface area contributed by atoms with Crippen LogP contribution in [0.3, 0.4) is 0 Å². The third kappa shape index (κ3) is 4.71. The highest BCUT2D eigenvalue weighted by Gasteiger charge is 2.09. The fourth-order valence-electron chi connectivity index (χ4n) is 2.10. The molecule has 0 amide bonds. The molecule has 0 saturated heterocycles. The number of hydrogen-bond donors (Lipinski definition) is 0. The Morgan fingerprint density at radius 1 is 1.10 bits per heavy atom. The summed E-state index contributed by atoms with van der Waals surface area (Å²) in [5, 5.41) is 0.478. The molecule has 0 aliphatic heterocycles. The van der Waals surface area contributed by atoms with E-state index in [1.54, 1.807) is 0 Å². The van der Waals surface area contributed by atoms with Gasteiger partial charge in [-0.2, -0.15) is 0 Å². The van der Waals surface area contributed by atoms with E-state index < -0.39 is 0 Å². The summed E-state index contributed by atoms with van der Waals surface area (Å²) in [6, 6.07) is 9.63. The van der Waals surface area contributed by atoms with Crippen LogP contribution in [0.2, 0.25) is 5.15 Å². The first-order chi connectivity index (χ1) is 9.94. The SMILES string of the molecule is CC(C)Cc1cc(Cl)nc(-c2cccc(OC(C)C)c2)n1. The van der Waals surface area contributed by atoms with E-state index in [4.69, 9.17) is 16.3 Å². The summed E-state index contributed by atoms with van der Waals surface area (Å²) in [4.78, 5) is 8.94. The first-order valence-electron chi connectivity index (χ1n) is 7.24. The molecular weight excluding hydrogens is 284 g/mol. The lowest BCUT2D eigenvalue weighted by Gasteiger charge is -2.11. The molecule has 0 aliphatic rings. The van der Waals surface area contributed by atoms with Gasteiger partial charge < -0.3 is 4.74 Å². The van der Waals surface area contributed by atoms with E-state index in [2.05, 4.69) is 23.8 Å². The molecular formula is C17H21ClN2O. The molecule has 0 bridgehead atoms. The van der Waals surface area contributed by atoms with Gasteiger partial charge in [-0.3, -0.25) is 0 Å². The van der Waals surface area contributed by atoms with Crippen LogP contribution in [0, 0.1) is 5.92 Å². The second-order valence-corrected chi connectivity index (χ2v) is 6.19. The molecule has 1 aromatic heterocycles. The fourth-order valence-corrected chi connectivity index (χ4v) is 2.30. The van der Waals surface area contributed by atoms with Gasteiger partial charge in [-0.1, -0.05) is 37.6 Å². The molecule has 1 heterocycles. The Morgan fingerprint density at radius 3 is 2.52 bits per heavy atom. The molecule has 0 aliphatic carbocycles. The minimum Gasteiger partial charge on any atom is -0.491 e. The highest BCUT2D eigenvalue weighted by molar-refractivity contribution is 6.29. The number of aromatic nitrogens is 2. The second kappa shape index (κ2) is 6.90. The van der Waals surface area contributed by atoms with Gasteiger partial charge in [0.15, 0.2) is 5.82 Å². The highest BCUT2D eigenvalue weighted by atomic mass is 35.5. The summed E-state index contributed by atoms with van der Waals surface area (Å²) < 4.78 is 5.71. The molecule has 1 aromatic carbocycles. The Morgan fingerprint density at radius 2 is 1.86 bits per heavy atom. The predicted octanol–water partition coefficient (Wildman–Crippen LogP) is 4.78. The zero-order chi connectivity index (χ0) is 15.4. The topological polar surface area (TPSA) is 35.0 Å². The molecule has 0 fully saturated rings. The van der Waals surface area contributed by atoms with Crippen molar-refractivity contribution in [2.75, 3.05) is 0 Å². The number of halogens is 1. The van der Waals surface area contributed by atoms with Crippen LogP contribution >= 0.6 is 11.6 Å². The Labute approximate surface area is 131 Å². The summed E-state index contributed by atoms with van der Waals surface area (Å²) in [5.41, 5.74) is 1.89. The Kier molecular flexibility index (Phi) is 5.18. The summed E-state index contributed by atoms with van der Waals surface area (Å²) in [7, 11) is 0. The molecule has 0 saturated carbocycles. The Hall–Kier alpha value is -1.61. The van der Waals surface area contributed by atoms with E-state index in [-0.39, 0.29) is 6.10 Å². The summed E-state index contributed by atoms with van der Waals surface area (Å²) >= 11 is 6.13. The standard InChI is InChI=1S/C17H21ClN2O/c1-11(2)8-14-10-16(18)20-17(19-14)13-6-5-7-15(9-13)21-12(3)4/h5-7,9-12H,8H2,1-4H3. The highest BCUT2D eigenvalue weighted by Crippen LogP contribution is 2.24. The number of benzene rings is 1. The van der Waals surface area contributed by atoms with Crippen molar-refractivity contribution in [3.05, 3.63) is 41.2 Å². The zero-order valence-electron chi connectivity index (χ0n) is 12.9. The fraction of sp³-hybridized carbons (Fsp3) is 0.412. The van der Waals surface area contributed by atoms with Crippen LogP contribution in [-0.4, -0.2) is 16.1 Å². The van der Waals surface area contributed by atoms with Crippen molar-refractivity contribution in [2.45, 2.75) is 40.2 Å². The summed E-state index contributed by atoms with van der Waals surface area (Å²) in [6.45, 7) is 8.33. The van der Waals surface area contributed by atoms with E-state index in [1.165, 1.54) is 0 Å². The van der Waals surface area contributed by atoms with Crippen molar-refractivity contribution in [1.29, 1.82) is 0 Å². The van der Waals surface area contributed by atoms with E-state index in [0.29, 0.717) is 16.9 Å². The maximum Gasteiger partial charge on any atom is 0.161 e. The normalized spacial score (nSPS) is 11.2. The molecule has 2 rings (SSSR count). The maximum atomic E-state index is 6.13. The van der Waals surface area contributed by atoms with Gasteiger partial charge in [-0.15, -0.1) is 0 Å². The van der Waals surface area contributed by atoms with Crippen molar-refractivity contribution < 1.29 is 4.74 Å². The third-order valence-electron chi connectivity index (χ3n) is 2.83. The van der Waals surface area contributed by atoms with Crippen molar-refractivity contribution in [3.63, 3.8) is 0 Å². The van der Waals surface area contributed by atoms with Gasteiger partial charge in [0, 0.05) is 11.3 Å². The van der Waals surface area contributed by atoms with Crippen LogP contribution < -0.4 is 4.74 Å². The lowest BCUT2D eigenvalue weighted by molar-refractivity contribution is 0.242. The minimum absolute atomic E-state index is 0.136. The van der Waals surface area contributed by atoms with Crippen LogP contribution in [-0.2, 0) is 6.42 Å². The molecule has 4 heteroatoms. The summed E-state index contributed by atoms with van der Waals surface area (Å²) in [5.74, 6) is 1.99. The van der Waals surface area contributed by atoms with Crippen molar-refractivity contribution in [3.8, 4) is 17.1 Å². The smallest absolute Gasteiger partial charge is 0.161 e. The molecule has 0 radical (unpaired) electrons. The van der Waals surface area contributed by atoms with Crippen LogP contribution in [0.15, 0.2) is 30.3 Å². The minimum atomic E-state index is 0.136. The molecule has 21 heavy (non-hydrogen) atoms. The third-order valence-corrected chi connectivity index (χ3v) is 3.02. The molecule has 0 N–H and O–H groups in total. The van der Waals surface area contributed by atoms with Gasteiger partial charge in [0.05, 0.1) is 6.10 Å². The number of hydrogen-bond acceptors (Lipinski definition) is 3. The van der Waals surface area contributed by atoms with E-state index >= 15 is 0 Å². The zero-order valence-corrected chi connectivity index (χ0v) is 13.7. The van der Waals surface area contributed by atoms with E-state index in [1.807, 2.05) is 44.2 Å². The van der Waals surface area contributed by atoms with Crippen LogP contribution in [0.5, 0.6) is 5.75 Å². The number of ether oxygens (including phenoxy) is 1. The van der Waals surface area contributed by atoms with Crippen LogP contribution in [0.4, 0.5) is 0 Å². The lowest BCUT2D eigenvalue weighted by Crippen LogP contribution is -2.05. The molecule has 3 nitrogen and oxygen atoms in total. The van der Waals surface area contributed by atoms with Gasteiger partial charge in [-0.05, 0) is 44.4 Å². The first-order valence-corrected chi connectivity index (χ1v) is 7.62. The number of nitrogens with zero attached hydrogens (tertiary/aromatic N) is 2. The average molecular weight is 305 g/mol. The van der Waals surface area contributed by atoms with Crippen molar-refractivity contribution in [2.24, 2.45) is 5.92 Å². The Balaban J connectivity index is 2.34. The first kappa shape index (κ1) is 15.8. The van der Waals surface area contributed by atoms with E-state index in [0.717, 1.165) is 23.4 Å². The second-order valence-electron chi connectivity index (χ2n) is 5.80. The Bertz CT molecular complexity index is 611. The quantitative estimate of drug-likeness (QED) is 0.745. The lowest BCUT2D eigenvalue weighted by atomic mass is 10.1.